The highest BCUT2D eigenvalue weighted by molar-refractivity contribution is 7.89. The maximum absolute atomic E-state index is 13.3. The van der Waals surface area contributed by atoms with Gasteiger partial charge in [-0.1, -0.05) is 19.1 Å². The molecule has 1 N–H and O–H groups in total. The Morgan fingerprint density at radius 1 is 1.03 bits per heavy atom. The Balaban J connectivity index is 1.71. The Kier molecular flexibility index (Phi) is 9.06. The number of ether oxygens (including phenoxy) is 2. The van der Waals surface area contributed by atoms with Gasteiger partial charge >= 0.3 is 0 Å². The number of carbonyl (C=O) groups is 2. The van der Waals surface area contributed by atoms with E-state index in [4.69, 9.17) is 9.47 Å². The third kappa shape index (κ3) is 6.17. The second-order valence-electron chi connectivity index (χ2n) is 9.68. The van der Waals surface area contributed by atoms with Crippen molar-refractivity contribution >= 4 is 27.5 Å². The minimum atomic E-state index is -3.67. The van der Waals surface area contributed by atoms with Crippen molar-refractivity contribution in [1.82, 2.24) is 14.1 Å². The van der Waals surface area contributed by atoms with Crippen LogP contribution >= 0.6 is 0 Å². The predicted molar refractivity (Wildman–Crippen MR) is 146 cm³/mol. The molecule has 39 heavy (non-hydrogen) atoms. The van der Waals surface area contributed by atoms with Crippen molar-refractivity contribution in [2.45, 2.75) is 24.3 Å². The Hall–Kier alpha value is -3.25. The van der Waals surface area contributed by atoms with Crippen LogP contribution in [0.15, 0.2) is 59.0 Å². The molecule has 0 saturated carbocycles. The lowest BCUT2D eigenvalue weighted by Crippen LogP contribution is -2.42. The second kappa shape index (κ2) is 12.3. The molecule has 1 amide bonds. The van der Waals surface area contributed by atoms with Crippen LogP contribution in [0.4, 0.5) is 0 Å². The highest BCUT2D eigenvalue weighted by atomic mass is 32.2. The molecule has 0 aliphatic carbocycles. The van der Waals surface area contributed by atoms with E-state index in [-0.39, 0.29) is 21.8 Å². The Bertz CT molecular complexity index is 1320. The molecule has 1 atom stereocenters. The first-order valence-electron chi connectivity index (χ1n) is 13.0. The van der Waals surface area contributed by atoms with E-state index >= 15 is 0 Å². The zero-order valence-corrected chi connectivity index (χ0v) is 23.3. The van der Waals surface area contributed by atoms with Crippen molar-refractivity contribution in [1.29, 1.82) is 0 Å². The third-order valence-electron chi connectivity index (χ3n) is 6.88. The molecule has 0 spiro atoms. The van der Waals surface area contributed by atoms with E-state index in [1.807, 2.05) is 6.92 Å². The molecule has 1 unspecified atom stereocenters. The summed E-state index contributed by atoms with van der Waals surface area (Å²) in [6, 6.07) is 12.0. The van der Waals surface area contributed by atoms with E-state index in [1.165, 1.54) is 43.3 Å². The molecule has 2 saturated heterocycles. The number of aliphatic hydroxyl groups excluding tert-OH is 1. The fourth-order valence-electron chi connectivity index (χ4n) is 4.65. The quantitative estimate of drug-likeness (QED) is 0.269. The van der Waals surface area contributed by atoms with Gasteiger partial charge in [0.2, 0.25) is 10.0 Å². The molecule has 2 aromatic carbocycles. The van der Waals surface area contributed by atoms with Crippen LogP contribution in [0.1, 0.15) is 30.5 Å². The van der Waals surface area contributed by atoms with Gasteiger partial charge in [0.15, 0.2) is 0 Å². The molecule has 2 heterocycles. The van der Waals surface area contributed by atoms with E-state index in [9.17, 15) is 23.1 Å². The largest absolute Gasteiger partial charge is 0.507 e. The van der Waals surface area contributed by atoms with Gasteiger partial charge in [0.05, 0.1) is 36.3 Å². The number of hydrogen-bond donors (Lipinski definition) is 1. The molecule has 11 heteroatoms. The van der Waals surface area contributed by atoms with Gasteiger partial charge in [-0.3, -0.25) is 14.5 Å². The number of hydrogen-bond acceptors (Lipinski definition) is 8. The number of morpholine rings is 1. The smallest absolute Gasteiger partial charge is 0.295 e. The summed E-state index contributed by atoms with van der Waals surface area (Å²) in [5.74, 6) is -1.15. The van der Waals surface area contributed by atoms with E-state index < -0.39 is 27.8 Å². The zero-order valence-electron chi connectivity index (χ0n) is 22.5. The van der Waals surface area contributed by atoms with Crippen molar-refractivity contribution in [3.8, 4) is 5.75 Å². The molecule has 210 valence electrons. The molecule has 2 aliphatic rings. The van der Waals surface area contributed by atoms with Gasteiger partial charge < -0.3 is 19.5 Å². The van der Waals surface area contributed by atoms with E-state index in [1.54, 1.807) is 24.3 Å². The van der Waals surface area contributed by atoms with Crippen LogP contribution in [-0.4, -0.2) is 99.4 Å². The minimum Gasteiger partial charge on any atom is -0.507 e. The van der Waals surface area contributed by atoms with Crippen molar-refractivity contribution in [3.05, 3.63) is 65.2 Å². The molecule has 2 aliphatic heterocycles. The number of ketones is 1. The lowest BCUT2D eigenvalue weighted by molar-refractivity contribution is -0.140. The van der Waals surface area contributed by atoms with Crippen molar-refractivity contribution in [2.75, 3.05) is 60.1 Å². The summed E-state index contributed by atoms with van der Waals surface area (Å²) in [6.07, 6.45) is 0.859. The van der Waals surface area contributed by atoms with Gasteiger partial charge in [0.1, 0.15) is 11.5 Å². The van der Waals surface area contributed by atoms with E-state index in [0.717, 1.165) is 23.8 Å². The second-order valence-corrected chi connectivity index (χ2v) is 11.8. The van der Waals surface area contributed by atoms with Crippen LogP contribution in [0, 0.1) is 0 Å². The maximum atomic E-state index is 13.3. The van der Waals surface area contributed by atoms with Gasteiger partial charge in [0.25, 0.3) is 11.7 Å². The van der Waals surface area contributed by atoms with Crippen molar-refractivity contribution in [2.24, 2.45) is 0 Å². The van der Waals surface area contributed by atoms with Crippen LogP contribution < -0.4 is 4.74 Å². The van der Waals surface area contributed by atoms with Crippen LogP contribution in [0.2, 0.25) is 0 Å². The van der Waals surface area contributed by atoms with Crippen LogP contribution in [-0.2, 0) is 24.3 Å². The summed E-state index contributed by atoms with van der Waals surface area (Å²) < 4.78 is 37.1. The molecular formula is C28H35N3O7S. The summed E-state index contributed by atoms with van der Waals surface area (Å²) in [5, 5.41) is 11.3. The molecule has 2 fully saturated rings. The number of sulfonamides is 1. The Morgan fingerprint density at radius 3 is 2.26 bits per heavy atom. The number of likely N-dealkylation sites (tertiary alicyclic amines) is 1. The number of benzene rings is 2. The fraction of sp³-hybridized carbons (Fsp3) is 0.429. The number of rotatable bonds is 10. The monoisotopic (exact) mass is 557 g/mol. The predicted octanol–water partition coefficient (Wildman–Crippen LogP) is 2.48. The van der Waals surface area contributed by atoms with Gasteiger partial charge in [-0.15, -0.1) is 0 Å². The SMILES string of the molecule is CCCOc1ccc(C2/C(=C(/O)c3ccc(S(=O)(=O)N(C)C)cc3)C(=O)C(=O)N2CCN2CCOCC2)cc1. The number of carbonyl (C=O) groups excluding carboxylic acids is 2. The van der Waals surface area contributed by atoms with E-state index in [0.29, 0.717) is 44.2 Å². The van der Waals surface area contributed by atoms with E-state index in [2.05, 4.69) is 4.90 Å². The summed E-state index contributed by atoms with van der Waals surface area (Å²) in [6.45, 7) is 6.13. The molecule has 2 aromatic rings. The number of aliphatic hydroxyl groups is 1. The summed E-state index contributed by atoms with van der Waals surface area (Å²) in [4.78, 5) is 30.3. The van der Waals surface area contributed by atoms with Gasteiger partial charge in [-0.2, -0.15) is 0 Å². The van der Waals surface area contributed by atoms with Crippen molar-refractivity contribution < 1.29 is 32.6 Å². The Morgan fingerprint density at radius 2 is 1.67 bits per heavy atom. The average molecular weight is 558 g/mol. The van der Waals surface area contributed by atoms with Gasteiger partial charge in [0, 0.05) is 45.8 Å². The number of Topliss-reactive ketones (excluding diaryl/α,β-unsaturated/α-hetero) is 1. The molecule has 4 rings (SSSR count). The van der Waals surface area contributed by atoms with Crippen LogP contribution in [0.3, 0.4) is 0 Å². The standard InChI is InChI=1S/C28H35N3O7S/c1-4-17-38-22-9-5-20(6-10-22)25-24(26(32)21-7-11-23(12-8-21)39(35,36)29(2)3)27(33)28(34)31(25)14-13-30-15-18-37-19-16-30/h5-12,25,32H,4,13-19H2,1-3H3/b26-24-. The molecule has 10 nitrogen and oxygen atoms in total. The maximum Gasteiger partial charge on any atom is 0.295 e. The summed E-state index contributed by atoms with van der Waals surface area (Å²) in [7, 11) is -0.807. The molecule has 0 aromatic heterocycles. The zero-order chi connectivity index (χ0) is 28.2. The lowest BCUT2D eigenvalue weighted by atomic mass is 9.95. The average Bonchev–Trinajstić information content (AvgIpc) is 3.20. The first-order chi connectivity index (χ1) is 18.6. The fourth-order valence-corrected chi connectivity index (χ4v) is 5.55. The third-order valence-corrected chi connectivity index (χ3v) is 8.71. The highest BCUT2D eigenvalue weighted by Crippen LogP contribution is 2.40. The first kappa shape index (κ1) is 28.8. The normalized spacial score (nSPS) is 20.1. The molecular weight excluding hydrogens is 522 g/mol. The van der Waals surface area contributed by atoms with Crippen molar-refractivity contribution in [3.63, 3.8) is 0 Å². The minimum absolute atomic E-state index is 0.0348. The topological polar surface area (TPSA) is 117 Å². The number of nitrogens with zero attached hydrogens (tertiary/aromatic N) is 3. The Labute approximate surface area is 229 Å². The molecule has 0 radical (unpaired) electrons. The first-order valence-corrected chi connectivity index (χ1v) is 14.4. The van der Waals surface area contributed by atoms with Crippen LogP contribution in [0.5, 0.6) is 5.75 Å². The number of amides is 1. The van der Waals surface area contributed by atoms with Gasteiger partial charge in [-0.05, 0) is 48.4 Å². The molecule has 0 bridgehead atoms. The summed E-state index contributed by atoms with van der Waals surface area (Å²) in [5.41, 5.74) is 0.868. The van der Waals surface area contributed by atoms with Crippen LogP contribution in [0.25, 0.3) is 5.76 Å². The summed E-state index contributed by atoms with van der Waals surface area (Å²) >= 11 is 0. The lowest BCUT2D eigenvalue weighted by Gasteiger charge is -2.31. The highest BCUT2D eigenvalue weighted by Gasteiger charge is 2.46. The van der Waals surface area contributed by atoms with Gasteiger partial charge in [-0.25, -0.2) is 12.7 Å².